The van der Waals surface area contributed by atoms with Crippen LogP contribution < -0.4 is 10.1 Å². The van der Waals surface area contributed by atoms with E-state index in [2.05, 4.69) is 31.2 Å². The molecule has 0 saturated carbocycles. The summed E-state index contributed by atoms with van der Waals surface area (Å²) in [7, 11) is 0. The van der Waals surface area contributed by atoms with Crippen LogP contribution in [0.3, 0.4) is 0 Å². The van der Waals surface area contributed by atoms with Crippen molar-refractivity contribution in [3.63, 3.8) is 0 Å². The Bertz CT molecular complexity index is 497. The summed E-state index contributed by atoms with van der Waals surface area (Å²) in [5.74, 6) is 0.488. The predicted octanol–water partition coefficient (Wildman–Crippen LogP) is 1.87. The Kier molecular flexibility index (Phi) is 4.35. The third-order valence-electron chi connectivity index (χ3n) is 2.21. The lowest BCUT2D eigenvalue weighted by Gasteiger charge is -2.06. The number of aromatic nitrogens is 2. The molecule has 5 nitrogen and oxygen atoms in total. The van der Waals surface area contributed by atoms with Crippen molar-refractivity contribution >= 4 is 21.8 Å². The number of halogens is 1. The summed E-state index contributed by atoms with van der Waals surface area (Å²) in [4.78, 5) is 18.3. The van der Waals surface area contributed by atoms with E-state index in [0.29, 0.717) is 12.3 Å². The number of amides is 1. The van der Waals surface area contributed by atoms with Gasteiger partial charge in [-0.25, -0.2) is 4.98 Å². The molecule has 18 heavy (non-hydrogen) atoms. The summed E-state index contributed by atoms with van der Waals surface area (Å²) >= 11 is 3.33. The maximum Gasteiger partial charge on any atom is 0.258 e. The molecule has 2 N–H and O–H groups in total. The molecule has 1 aromatic carbocycles. The van der Waals surface area contributed by atoms with Gasteiger partial charge in [-0.1, -0.05) is 15.9 Å². The van der Waals surface area contributed by atoms with Crippen LogP contribution in [0.2, 0.25) is 0 Å². The molecule has 0 atom stereocenters. The largest absolute Gasteiger partial charge is 0.484 e. The Morgan fingerprint density at radius 3 is 2.83 bits per heavy atom. The van der Waals surface area contributed by atoms with Crippen LogP contribution in [0.15, 0.2) is 41.3 Å². The van der Waals surface area contributed by atoms with Crippen LogP contribution in [0.1, 0.15) is 5.69 Å². The first-order valence-corrected chi connectivity index (χ1v) is 6.15. The zero-order valence-corrected chi connectivity index (χ0v) is 11.1. The lowest BCUT2D eigenvalue weighted by atomic mass is 10.3. The molecule has 1 amide bonds. The summed E-state index contributed by atoms with van der Waals surface area (Å²) in [5, 5.41) is 2.72. The molecule has 0 unspecified atom stereocenters. The van der Waals surface area contributed by atoms with Gasteiger partial charge in [-0.15, -0.1) is 0 Å². The minimum Gasteiger partial charge on any atom is -0.484 e. The molecule has 0 radical (unpaired) electrons. The van der Waals surface area contributed by atoms with Gasteiger partial charge in [0.05, 0.1) is 18.6 Å². The molecule has 1 heterocycles. The van der Waals surface area contributed by atoms with Crippen molar-refractivity contribution in [1.82, 2.24) is 15.3 Å². The van der Waals surface area contributed by atoms with E-state index in [0.717, 1.165) is 10.2 Å². The Hall–Kier alpha value is -1.82. The number of nitrogens with one attached hydrogen (secondary N) is 2. The number of hydrogen-bond acceptors (Lipinski definition) is 3. The number of carbonyl (C=O) groups excluding carboxylic acids is 1. The number of nitrogens with zero attached hydrogens (tertiary/aromatic N) is 1. The van der Waals surface area contributed by atoms with Gasteiger partial charge in [-0.3, -0.25) is 4.79 Å². The van der Waals surface area contributed by atoms with Crippen LogP contribution in [0.25, 0.3) is 0 Å². The molecule has 2 rings (SSSR count). The molecule has 1 aromatic heterocycles. The normalized spacial score (nSPS) is 10.1. The van der Waals surface area contributed by atoms with Gasteiger partial charge in [0.1, 0.15) is 5.75 Å². The van der Waals surface area contributed by atoms with Crippen molar-refractivity contribution in [2.75, 3.05) is 6.61 Å². The molecule has 6 heteroatoms. The Balaban J connectivity index is 1.73. The molecular weight excluding hydrogens is 298 g/mol. The molecular formula is C12H12BrN3O2. The van der Waals surface area contributed by atoms with E-state index >= 15 is 0 Å². The number of benzene rings is 1. The number of ether oxygens (including phenoxy) is 1. The van der Waals surface area contributed by atoms with Crippen LogP contribution in [-0.4, -0.2) is 22.5 Å². The number of imidazole rings is 1. The highest BCUT2D eigenvalue weighted by molar-refractivity contribution is 9.10. The fourth-order valence-electron chi connectivity index (χ4n) is 1.31. The van der Waals surface area contributed by atoms with E-state index in [-0.39, 0.29) is 12.5 Å². The number of carbonyl (C=O) groups is 1. The molecule has 0 aliphatic rings. The SMILES string of the molecule is O=C(COc1ccc(Br)cc1)NCc1cnc[nH]1. The summed E-state index contributed by atoms with van der Waals surface area (Å²) in [6.45, 7) is 0.415. The van der Waals surface area contributed by atoms with Crippen LogP contribution in [0.4, 0.5) is 0 Å². The average Bonchev–Trinajstić information content (AvgIpc) is 2.89. The monoisotopic (exact) mass is 309 g/mol. The lowest BCUT2D eigenvalue weighted by molar-refractivity contribution is -0.123. The maximum absolute atomic E-state index is 11.5. The molecule has 0 fully saturated rings. The maximum atomic E-state index is 11.5. The molecule has 0 aliphatic carbocycles. The number of hydrogen-bond donors (Lipinski definition) is 2. The van der Waals surface area contributed by atoms with Crippen LogP contribution in [0.5, 0.6) is 5.75 Å². The van der Waals surface area contributed by atoms with Gasteiger partial charge in [0.2, 0.25) is 0 Å². The number of rotatable bonds is 5. The van der Waals surface area contributed by atoms with Gasteiger partial charge >= 0.3 is 0 Å². The zero-order chi connectivity index (χ0) is 12.8. The molecule has 0 saturated heterocycles. The van der Waals surface area contributed by atoms with Crippen LogP contribution >= 0.6 is 15.9 Å². The Labute approximate surface area is 113 Å². The first-order chi connectivity index (χ1) is 8.74. The van der Waals surface area contributed by atoms with Crippen molar-refractivity contribution in [1.29, 1.82) is 0 Å². The third-order valence-corrected chi connectivity index (χ3v) is 2.74. The summed E-state index contributed by atoms with van der Waals surface area (Å²) in [5.41, 5.74) is 0.854. The van der Waals surface area contributed by atoms with E-state index in [9.17, 15) is 4.79 Å². The van der Waals surface area contributed by atoms with E-state index in [1.807, 2.05) is 12.1 Å². The molecule has 0 aliphatic heterocycles. The van der Waals surface area contributed by atoms with Crippen LogP contribution in [-0.2, 0) is 11.3 Å². The third kappa shape index (κ3) is 3.89. The fraction of sp³-hybridized carbons (Fsp3) is 0.167. The standard InChI is InChI=1S/C12H12BrN3O2/c13-9-1-3-11(4-2-9)18-7-12(17)15-6-10-5-14-8-16-10/h1-5,8H,6-7H2,(H,14,16)(H,15,17). The van der Waals surface area contributed by atoms with Crippen LogP contribution in [0, 0.1) is 0 Å². The highest BCUT2D eigenvalue weighted by Crippen LogP contribution is 2.15. The van der Waals surface area contributed by atoms with Crippen molar-refractivity contribution in [2.45, 2.75) is 6.54 Å². The van der Waals surface area contributed by atoms with Crippen molar-refractivity contribution in [3.05, 3.63) is 47.0 Å². The van der Waals surface area contributed by atoms with Gasteiger partial charge < -0.3 is 15.0 Å². The minimum atomic E-state index is -0.174. The highest BCUT2D eigenvalue weighted by Gasteiger charge is 2.03. The van der Waals surface area contributed by atoms with Gasteiger partial charge in [0.25, 0.3) is 5.91 Å². The lowest BCUT2D eigenvalue weighted by Crippen LogP contribution is -2.28. The first-order valence-electron chi connectivity index (χ1n) is 5.36. The van der Waals surface area contributed by atoms with Crippen molar-refractivity contribution < 1.29 is 9.53 Å². The second kappa shape index (κ2) is 6.20. The number of aromatic amines is 1. The van der Waals surface area contributed by atoms with Gasteiger partial charge in [-0.2, -0.15) is 0 Å². The molecule has 0 bridgehead atoms. The number of H-pyrrole nitrogens is 1. The van der Waals surface area contributed by atoms with E-state index in [1.54, 1.807) is 24.7 Å². The summed E-state index contributed by atoms with van der Waals surface area (Å²) in [6, 6.07) is 7.31. The topological polar surface area (TPSA) is 67.0 Å². The Morgan fingerprint density at radius 1 is 1.39 bits per heavy atom. The summed E-state index contributed by atoms with van der Waals surface area (Å²) in [6.07, 6.45) is 3.23. The molecule has 94 valence electrons. The second-order valence-corrected chi connectivity index (χ2v) is 4.51. The van der Waals surface area contributed by atoms with Gasteiger partial charge in [0.15, 0.2) is 6.61 Å². The quantitative estimate of drug-likeness (QED) is 0.886. The smallest absolute Gasteiger partial charge is 0.258 e. The fourth-order valence-corrected chi connectivity index (χ4v) is 1.57. The first kappa shape index (κ1) is 12.6. The van der Waals surface area contributed by atoms with E-state index < -0.39 is 0 Å². The molecule has 2 aromatic rings. The van der Waals surface area contributed by atoms with E-state index in [4.69, 9.17) is 4.74 Å². The molecule has 0 spiro atoms. The van der Waals surface area contributed by atoms with Gasteiger partial charge in [0, 0.05) is 10.7 Å². The van der Waals surface area contributed by atoms with Crippen molar-refractivity contribution in [2.24, 2.45) is 0 Å². The predicted molar refractivity (Wildman–Crippen MR) is 70.1 cm³/mol. The second-order valence-electron chi connectivity index (χ2n) is 3.60. The summed E-state index contributed by atoms with van der Waals surface area (Å²) < 4.78 is 6.30. The Morgan fingerprint density at radius 2 is 2.17 bits per heavy atom. The average molecular weight is 310 g/mol. The highest BCUT2D eigenvalue weighted by atomic mass is 79.9. The van der Waals surface area contributed by atoms with Gasteiger partial charge in [-0.05, 0) is 24.3 Å². The minimum absolute atomic E-state index is 0.00420. The van der Waals surface area contributed by atoms with Crippen molar-refractivity contribution in [3.8, 4) is 5.75 Å². The zero-order valence-electron chi connectivity index (χ0n) is 9.52. The van der Waals surface area contributed by atoms with E-state index in [1.165, 1.54) is 0 Å².